The van der Waals surface area contributed by atoms with Gasteiger partial charge in [0.15, 0.2) is 5.13 Å². The van der Waals surface area contributed by atoms with E-state index in [-0.39, 0.29) is 23.4 Å². The fourth-order valence-electron chi connectivity index (χ4n) is 2.77. The summed E-state index contributed by atoms with van der Waals surface area (Å²) in [5, 5.41) is 20.5. The van der Waals surface area contributed by atoms with Crippen LogP contribution in [0.25, 0.3) is 11.3 Å². The van der Waals surface area contributed by atoms with Crippen LogP contribution >= 0.6 is 22.7 Å². The average Bonchev–Trinajstić information content (AvgIpc) is 3.38. The lowest BCUT2D eigenvalue weighted by molar-refractivity contribution is -0.385. The topological polar surface area (TPSA) is 114 Å². The van der Waals surface area contributed by atoms with Gasteiger partial charge in [-0.05, 0) is 24.3 Å². The van der Waals surface area contributed by atoms with E-state index in [1.54, 1.807) is 41.9 Å². The van der Waals surface area contributed by atoms with Gasteiger partial charge in [0.2, 0.25) is 5.91 Å². The van der Waals surface area contributed by atoms with Crippen molar-refractivity contribution in [1.29, 1.82) is 0 Å². The van der Waals surface area contributed by atoms with Gasteiger partial charge in [0.25, 0.3) is 11.6 Å². The number of rotatable bonds is 7. The van der Waals surface area contributed by atoms with Gasteiger partial charge >= 0.3 is 0 Å². The summed E-state index contributed by atoms with van der Waals surface area (Å²) in [4.78, 5) is 40.7. The second-order valence-electron chi connectivity index (χ2n) is 6.96. The van der Waals surface area contributed by atoms with Gasteiger partial charge in [-0.1, -0.05) is 32.0 Å². The zero-order chi connectivity index (χ0) is 21.8. The number of carbonyl (C=O) groups is 2. The van der Waals surface area contributed by atoms with Crippen molar-refractivity contribution in [2.24, 2.45) is 5.92 Å². The van der Waals surface area contributed by atoms with Crippen LogP contribution in [0, 0.1) is 23.0 Å². The Balaban J connectivity index is 1.74. The third-order valence-corrected chi connectivity index (χ3v) is 6.04. The maximum absolute atomic E-state index is 12.7. The Labute approximate surface area is 181 Å². The second kappa shape index (κ2) is 9.14. The van der Waals surface area contributed by atoms with Crippen LogP contribution in [0.3, 0.4) is 0 Å². The van der Waals surface area contributed by atoms with Crippen molar-refractivity contribution < 1.29 is 14.5 Å². The Morgan fingerprint density at radius 2 is 1.97 bits per heavy atom. The number of nitrogens with zero attached hydrogens (tertiary/aromatic N) is 2. The van der Waals surface area contributed by atoms with E-state index in [4.69, 9.17) is 0 Å². The fourth-order valence-corrected chi connectivity index (χ4v) is 4.12. The first kappa shape index (κ1) is 21.6. The van der Waals surface area contributed by atoms with Gasteiger partial charge < -0.3 is 10.6 Å². The maximum atomic E-state index is 12.7. The number of carbonyl (C=O) groups excluding carboxylic acids is 2. The lowest BCUT2D eigenvalue weighted by atomic mass is 10.0. The number of aryl methyl sites for hydroxylation is 1. The zero-order valence-electron chi connectivity index (χ0n) is 16.5. The fraction of sp³-hybridized carbons (Fsp3) is 0.250. The van der Waals surface area contributed by atoms with Gasteiger partial charge in [0, 0.05) is 22.6 Å². The number of aromatic nitrogens is 1. The second-order valence-corrected chi connectivity index (χ2v) is 8.76. The van der Waals surface area contributed by atoms with E-state index in [9.17, 15) is 19.7 Å². The molecule has 0 aliphatic heterocycles. The highest BCUT2D eigenvalue weighted by Gasteiger charge is 2.26. The number of benzene rings is 1. The molecule has 1 atom stereocenters. The molecule has 0 saturated carbocycles. The molecule has 2 N–H and O–H groups in total. The molecule has 0 radical (unpaired) electrons. The molecule has 0 aliphatic carbocycles. The highest BCUT2D eigenvalue weighted by atomic mass is 32.1. The van der Waals surface area contributed by atoms with E-state index < -0.39 is 11.0 Å². The Kier molecular flexibility index (Phi) is 6.58. The Morgan fingerprint density at radius 1 is 1.20 bits per heavy atom. The van der Waals surface area contributed by atoms with E-state index in [2.05, 4.69) is 15.6 Å². The number of thiazole rings is 1. The lowest BCUT2D eigenvalue weighted by Gasteiger charge is -2.20. The van der Waals surface area contributed by atoms with Crippen LogP contribution in [0.1, 0.15) is 29.1 Å². The highest BCUT2D eigenvalue weighted by molar-refractivity contribution is 7.14. The third-order valence-electron chi connectivity index (χ3n) is 4.42. The minimum absolute atomic E-state index is 0.0160. The predicted molar refractivity (Wildman–Crippen MR) is 118 cm³/mol. The first-order valence-electron chi connectivity index (χ1n) is 9.12. The van der Waals surface area contributed by atoms with Crippen LogP contribution in [-0.4, -0.2) is 27.8 Å². The van der Waals surface area contributed by atoms with Crippen LogP contribution in [0.4, 0.5) is 10.8 Å². The molecule has 10 heteroatoms. The number of hydrogen-bond donors (Lipinski definition) is 2. The summed E-state index contributed by atoms with van der Waals surface area (Å²) in [5.41, 5.74) is 1.70. The molecule has 2 aromatic heterocycles. The van der Waals surface area contributed by atoms with Gasteiger partial charge in [-0.2, -0.15) is 0 Å². The molecule has 0 fully saturated rings. The first-order valence-corrected chi connectivity index (χ1v) is 10.9. The Bertz CT molecular complexity index is 1080. The normalized spacial score (nSPS) is 11.9. The van der Waals surface area contributed by atoms with E-state index in [1.165, 1.54) is 28.7 Å². The number of nitro groups is 1. The summed E-state index contributed by atoms with van der Waals surface area (Å²) in [6, 6.07) is 7.63. The van der Waals surface area contributed by atoms with Gasteiger partial charge in [-0.3, -0.25) is 19.7 Å². The standard InChI is InChI=1S/C20H20N4O4S2/c1-11(2)17(22-18(25)16-5-4-8-29-16)19(26)23-20-21-14(10-30-20)13-7-6-12(3)15(9-13)24(27)28/h4-11,17H,1-3H3,(H,22,25)(H,21,23,26). The molecule has 0 aliphatic rings. The van der Waals surface area contributed by atoms with Crippen molar-refractivity contribution in [3.8, 4) is 11.3 Å². The summed E-state index contributed by atoms with van der Waals surface area (Å²) in [6.45, 7) is 5.36. The number of thiophene rings is 1. The molecule has 0 bridgehead atoms. The summed E-state index contributed by atoms with van der Waals surface area (Å²) >= 11 is 2.52. The minimum atomic E-state index is -0.729. The molecule has 0 saturated heterocycles. The van der Waals surface area contributed by atoms with Crippen LogP contribution < -0.4 is 10.6 Å². The lowest BCUT2D eigenvalue weighted by Crippen LogP contribution is -2.46. The van der Waals surface area contributed by atoms with Crippen LogP contribution in [-0.2, 0) is 4.79 Å². The number of nitrogens with one attached hydrogen (secondary N) is 2. The number of anilines is 1. The summed E-state index contributed by atoms with van der Waals surface area (Å²) < 4.78 is 0. The van der Waals surface area contributed by atoms with Crippen LogP contribution in [0.15, 0.2) is 41.1 Å². The summed E-state index contributed by atoms with van der Waals surface area (Å²) in [6.07, 6.45) is 0. The number of hydrogen-bond acceptors (Lipinski definition) is 7. The van der Waals surface area contributed by atoms with Gasteiger partial charge in [-0.25, -0.2) is 4.98 Å². The van der Waals surface area contributed by atoms with Crippen LogP contribution in [0.2, 0.25) is 0 Å². The molecule has 0 spiro atoms. The highest BCUT2D eigenvalue weighted by Crippen LogP contribution is 2.29. The van der Waals surface area contributed by atoms with Gasteiger partial charge in [0.05, 0.1) is 15.5 Å². The molecule has 8 nitrogen and oxygen atoms in total. The smallest absolute Gasteiger partial charge is 0.272 e. The van der Waals surface area contributed by atoms with Crippen molar-refractivity contribution in [1.82, 2.24) is 10.3 Å². The molecule has 3 rings (SSSR count). The monoisotopic (exact) mass is 444 g/mol. The summed E-state index contributed by atoms with van der Waals surface area (Å²) in [7, 11) is 0. The van der Waals surface area contributed by atoms with Crippen molar-refractivity contribution in [2.45, 2.75) is 26.8 Å². The molecule has 156 valence electrons. The Hall–Kier alpha value is -3.11. The maximum Gasteiger partial charge on any atom is 0.272 e. The first-order chi connectivity index (χ1) is 14.3. The zero-order valence-corrected chi connectivity index (χ0v) is 18.2. The molecule has 3 aromatic rings. The van der Waals surface area contributed by atoms with Gasteiger partial charge in [-0.15, -0.1) is 22.7 Å². The third kappa shape index (κ3) is 4.89. The Morgan fingerprint density at radius 3 is 2.60 bits per heavy atom. The van der Waals surface area contributed by atoms with Gasteiger partial charge in [0.1, 0.15) is 6.04 Å². The van der Waals surface area contributed by atoms with Crippen LogP contribution in [0.5, 0.6) is 0 Å². The van der Waals surface area contributed by atoms with E-state index in [0.29, 0.717) is 26.8 Å². The number of nitro benzene ring substituents is 1. The van der Waals surface area contributed by atoms with Crippen molar-refractivity contribution in [3.63, 3.8) is 0 Å². The number of amides is 2. The van der Waals surface area contributed by atoms with Crippen molar-refractivity contribution in [3.05, 3.63) is 61.6 Å². The van der Waals surface area contributed by atoms with Crippen molar-refractivity contribution in [2.75, 3.05) is 5.32 Å². The predicted octanol–water partition coefficient (Wildman–Crippen LogP) is 4.48. The molecule has 2 amide bonds. The quantitative estimate of drug-likeness (QED) is 0.412. The largest absolute Gasteiger partial charge is 0.339 e. The average molecular weight is 445 g/mol. The molecule has 2 heterocycles. The molecular formula is C20H20N4O4S2. The van der Waals surface area contributed by atoms with E-state index in [0.717, 1.165) is 0 Å². The molecule has 1 unspecified atom stereocenters. The summed E-state index contributed by atoms with van der Waals surface area (Å²) in [5.74, 6) is -0.801. The minimum Gasteiger partial charge on any atom is -0.339 e. The molecule has 30 heavy (non-hydrogen) atoms. The molecule has 1 aromatic carbocycles. The van der Waals surface area contributed by atoms with E-state index in [1.807, 2.05) is 13.8 Å². The van der Waals surface area contributed by atoms with E-state index >= 15 is 0 Å². The SMILES string of the molecule is Cc1ccc(-c2csc(NC(=O)C(NC(=O)c3cccs3)C(C)C)n2)cc1[N+](=O)[O-]. The molecular weight excluding hydrogens is 424 g/mol. The van der Waals surface area contributed by atoms with Crippen molar-refractivity contribution >= 4 is 45.3 Å².